The third-order valence-electron chi connectivity index (χ3n) is 2.65. The second-order valence-corrected chi connectivity index (χ2v) is 6.43. The second kappa shape index (κ2) is 6.38. The monoisotopic (exact) mass is 378 g/mol. The molecule has 0 saturated carbocycles. The number of rotatable bonds is 3. The van der Waals surface area contributed by atoms with Crippen LogP contribution in [-0.4, -0.2) is 20.6 Å². The molecule has 2 nitrogen and oxygen atoms in total. The van der Waals surface area contributed by atoms with Crippen LogP contribution in [0.25, 0.3) is 0 Å². The summed E-state index contributed by atoms with van der Waals surface area (Å²) in [5, 5.41) is 4.30. The number of halogens is 2. The molecule has 6 heteroatoms. The topological polar surface area (TPSA) is 16.2 Å². The number of aliphatic imine (C=N–C) groups is 1. The van der Waals surface area contributed by atoms with E-state index in [1.54, 1.807) is 23.5 Å². The second-order valence-electron chi connectivity index (χ2n) is 3.94. The first-order valence-electron chi connectivity index (χ1n) is 5.72. The first-order chi connectivity index (χ1) is 9.02. The molecule has 0 N–H and O–H groups in total. The van der Waals surface area contributed by atoms with Gasteiger partial charge in [0.25, 0.3) is 0 Å². The molecule has 1 aromatic carbocycles. The third-order valence-corrected chi connectivity index (χ3v) is 5.37. The van der Waals surface area contributed by atoms with Crippen LogP contribution < -0.4 is 4.57 Å². The Hall–Kier alpha value is -0.381. The van der Waals surface area contributed by atoms with E-state index in [2.05, 4.69) is 44.8 Å². The van der Waals surface area contributed by atoms with E-state index < -0.39 is 0 Å². The van der Waals surface area contributed by atoms with Gasteiger partial charge in [0.2, 0.25) is 0 Å². The fourth-order valence-electron chi connectivity index (χ4n) is 1.71. The summed E-state index contributed by atoms with van der Waals surface area (Å²) in [6.07, 6.45) is 0. The minimum atomic E-state index is 0.515. The van der Waals surface area contributed by atoms with E-state index in [0.717, 1.165) is 21.8 Å². The molecular weight excluding hydrogens is 366 g/mol. The Kier molecular flexibility index (Phi) is 5.04. The molecule has 1 aromatic heterocycles. The molecule has 0 unspecified atom stereocenters. The van der Waals surface area contributed by atoms with Crippen molar-refractivity contribution in [2.24, 2.45) is 4.99 Å². The summed E-state index contributed by atoms with van der Waals surface area (Å²) in [6, 6.07) is 5.36. The molecule has 0 saturated heterocycles. The van der Waals surface area contributed by atoms with Gasteiger partial charge in [-0.05, 0) is 0 Å². The summed E-state index contributed by atoms with van der Waals surface area (Å²) in [6.45, 7) is 5.14. The van der Waals surface area contributed by atoms with Crippen molar-refractivity contribution in [1.82, 2.24) is 0 Å². The van der Waals surface area contributed by atoms with Crippen molar-refractivity contribution in [2.75, 3.05) is 0 Å². The SMILES string of the molecule is CC[n+]1c(C)csc1C([Se-])=Nc1ccc(Cl)c(Cl)c1. The molecule has 2 rings (SSSR count). The van der Waals surface area contributed by atoms with E-state index >= 15 is 0 Å². The van der Waals surface area contributed by atoms with Crippen LogP contribution in [0, 0.1) is 6.92 Å². The molecule has 0 bridgehead atoms. The fourth-order valence-corrected chi connectivity index (χ4v) is 3.71. The van der Waals surface area contributed by atoms with E-state index in [1.165, 1.54) is 5.69 Å². The van der Waals surface area contributed by atoms with Gasteiger partial charge < -0.3 is 0 Å². The van der Waals surface area contributed by atoms with E-state index in [9.17, 15) is 0 Å². The van der Waals surface area contributed by atoms with Gasteiger partial charge in [-0.1, -0.05) is 0 Å². The molecule has 0 spiro atoms. The third kappa shape index (κ3) is 3.39. The molecule has 0 aliphatic carbocycles. The van der Waals surface area contributed by atoms with E-state index in [0.29, 0.717) is 10.0 Å². The average Bonchev–Trinajstić information content (AvgIpc) is 2.75. The van der Waals surface area contributed by atoms with Crippen LogP contribution in [0.5, 0.6) is 0 Å². The number of aromatic nitrogens is 1. The van der Waals surface area contributed by atoms with Crippen molar-refractivity contribution in [3.05, 3.63) is 44.3 Å². The molecule has 100 valence electrons. The Labute approximate surface area is 134 Å². The van der Waals surface area contributed by atoms with Gasteiger partial charge >= 0.3 is 135 Å². The number of benzene rings is 1. The summed E-state index contributed by atoms with van der Waals surface area (Å²) in [5.74, 6) is 0. The first-order valence-corrected chi connectivity index (χ1v) is 8.21. The standard InChI is InChI=1S/C13H12Cl2N2SSe/c1-3-17-8(2)7-18-13(17)12(19)16-9-4-5-10(14)11(15)6-9/h4-7H,3H2,1-2H3. The summed E-state index contributed by atoms with van der Waals surface area (Å²) in [5.41, 5.74) is 2.02. The van der Waals surface area contributed by atoms with Crippen LogP contribution in [-0.2, 0) is 6.54 Å². The molecule has 0 fully saturated rings. The number of aryl methyl sites for hydroxylation is 1. The molecule has 0 atom stereocenters. The minimum absolute atomic E-state index is 0.515. The van der Waals surface area contributed by atoms with Crippen LogP contribution in [0.15, 0.2) is 28.6 Å². The molecule has 19 heavy (non-hydrogen) atoms. The van der Waals surface area contributed by atoms with Crippen molar-refractivity contribution in [3.63, 3.8) is 0 Å². The Morgan fingerprint density at radius 3 is 2.74 bits per heavy atom. The van der Waals surface area contributed by atoms with Gasteiger partial charge in [-0.2, -0.15) is 0 Å². The molecule has 0 aliphatic heterocycles. The number of nitrogens with zero attached hydrogens (tertiary/aromatic N) is 2. The molecule has 0 aliphatic rings. The predicted molar refractivity (Wildman–Crippen MR) is 83.3 cm³/mol. The normalized spacial score (nSPS) is 11.9. The molecular formula is C13H12Cl2N2SSe. The zero-order chi connectivity index (χ0) is 14.0. The number of hydrogen-bond acceptors (Lipinski definition) is 2. The summed E-state index contributed by atoms with van der Waals surface area (Å²) in [7, 11) is 0. The van der Waals surface area contributed by atoms with Crippen LogP contribution in [0.4, 0.5) is 5.69 Å². The van der Waals surface area contributed by atoms with Gasteiger partial charge in [0.1, 0.15) is 0 Å². The van der Waals surface area contributed by atoms with Crippen molar-refractivity contribution >= 4 is 60.8 Å². The van der Waals surface area contributed by atoms with Crippen molar-refractivity contribution in [3.8, 4) is 0 Å². The first kappa shape index (κ1) is 15.0. The van der Waals surface area contributed by atoms with Gasteiger partial charge in [-0.25, -0.2) is 0 Å². The number of hydrogen-bond donors (Lipinski definition) is 0. The van der Waals surface area contributed by atoms with Crippen LogP contribution in [0.2, 0.25) is 10.0 Å². The van der Waals surface area contributed by atoms with Gasteiger partial charge in [0.15, 0.2) is 0 Å². The summed E-state index contributed by atoms with van der Waals surface area (Å²) in [4.78, 5) is 4.56. The Balaban J connectivity index is 2.39. The van der Waals surface area contributed by atoms with Gasteiger partial charge in [-0.15, -0.1) is 0 Å². The zero-order valence-corrected chi connectivity index (χ0v) is 14.5. The summed E-state index contributed by atoms with van der Waals surface area (Å²) >= 11 is 16.6. The Bertz CT molecular complexity index is 638. The van der Waals surface area contributed by atoms with Crippen LogP contribution >= 0.6 is 34.5 Å². The van der Waals surface area contributed by atoms with Crippen molar-refractivity contribution < 1.29 is 4.57 Å². The predicted octanol–water partition coefficient (Wildman–Crippen LogP) is 3.92. The van der Waals surface area contributed by atoms with Gasteiger partial charge in [-0.3, -0.25) is 0 Å². The summed E-state index contributed by atoms with van der Waals surface area (Å²) < 4.78 is 3.08. The van der Waals surface area contributed by atoms with E-state index in [4.69, 9.17) is 23.2 Å². The maximum atomic E-state index is 5.99. The maximum absolute atomic E-state index is 5.99. The van der Waals surface area contributed by atoms with Gasteiger partial charge in [0.05, 0.1) is 0 Å². The van der Waals surface area contributed by atoms with Crippen LogP contribution in [0.3, 0.4) is 0 Å². The quantitative estimate of drug-likeness (QED) is 0.438. The Morgan fingerprint density at radius 1 is 1.37 bits per heavy atom. The fraction of sp³-hybridized carbons (Fsp3) is 0.231. The molecule has 2 aromatic rings. The number of thiazole rings is 1. The van der Waals surface area contributed by atoms with Gasteiger partial charge in [0, 0.05) is 0 Å². The van der Waals surface area contributed by atoms with Crippen molar-refractivity contribution in [2.45, 2.75) is 20.4 Å². The van der Waals surface area contributed by atoms with E-state index in [1.807, 2.05) is 6.07 Å². The van der Waals surface area contributed by atoms with Crippen LogP contribution in [0.1, 0.15) is 17.6 Å². The molecule has 1 heterocycles. The van der Waals surface area contributed by atoms with E-state index in [-0.39, 0.29) is 0 Å². The zero-order valence-electron chi connectivity index (χ0n) is 10.5. The van der Waals surface area contributed by atoms with Crippen molar-refractivity contribution in [1.29, 1.82) is 0 Å². The Morgan fingerprint density at radius 2 is 2.11 bits per heavy atom. The molecule has 0 radical (unpaired) electrons. The molecule has 0 amide bonds. The average molecular weight is 378 g/mol.